The molecule has 0 saturated carbocycles. The summed E-state index contributed by atoms with van der Waals surface area (Å²) in [6, 6.07) is 0. The Morgan fingerprint density at radius 2 is 2.30 bits per heavy atom. The number of hydrogen-bond acceptors (Lipinski definition) is 2. The predicted molar refractivity (Wildman–Crippen MR) is 43.9 cm³/mol. The van der Waals surface area contributed by atoms with Gasteiger partial charge < -0.3 is 10.0 Å². The predicted octanol–water partition coefficient (Wildman–Crippen LogP) is 0.733. The van der Waals surface area contributed by atoms with Crippen molar-refractivity contribution in [3.63, 3.8) is 0 Å². The maximum absolute atomic E-state index is 8.70. The van der Waals surface area contributed by atoms with Crippen molar-refractivity contribution in [2.75, 3.05) is 26.7 Å². The molecule has 10 heavy (non-hydrogen) atoms. The van der Waals surface area contributed by atoms with Crippen LogP contribution in [0.1, 0.15) is 6.92 Å². The molecule has 0 radical (unpaired) electrons. The van der Waals surface area contributed by atoms with E-state index in [2.05, 4.69) is 11.5 Å². The van der Waals surface area contributed by atoms with E-state index in [0.717, 1.165) is 13.1 Å². The third kappa shape index (κ3) is 4.53. The van der Waals surface area contributed by atoms with Crippen LogP contribution in [0.5, 0.6) is 0 Å². The summed E-state index contributed by atoms with van der Waals surface area (Å²) in [7, 11) is 2.02. The molecule has 0 rings (SSSR count). The summed E-state index contributed by atoms with van der Waals surface area (Å²) in [6.45, 7) is 7.75. The van der Waals surface area contributed by atoms with Gasteiger partial charge in [0.2, 0.25) is 0 Å². The van der Waals surface area contributed by atoms with E-state index in [4.69, 9.17) is 5.11 Å². The minimum absolute atomic E-state index is 0.265. The highest BCUT2D eigenvalue weighted by Crippen LogP contribution is 1.95. The summed E-state index contributed by atoms with van der Waals surface area (Å²) in [5, 5.41) is 8.70. The minimum atomic E-state index is 0.265. The van der Waals surface area contributed by atoms with Gasteiger partial charge in [0.05, 0.1) is 0 Å². The van der Waals surface area contributed by atoms with Crippen LogP contribution in [-0.2, 0) is 0 Å². The fourth-order valence-corrected chi connectivity index (χ4v) is 0.885. The van der Waals surface area contributed by atoms with Gasteiger partial charge in [0.25, 0.3) is 0 Å². The molecule has 0 aromatic carbocycles. The quantitative estimate of drug-likeness (QED) is 0.574. The van der Waals surface area contributed by atoms with Gasteiger partial charge in [-0.25, -0.2) is 0 Å². The Hall–Kier alpha value is -0.340. The van der Waals surface area contributed by atoms with Gasteiger partial charge in [-0.15, -0.1) is 6.58 Å². The Bertz CT molecular complexity index is 93.3. The van der Waals surface area contributed by atoms with E-state index in [1.165, 1.54) is 0 Å². The van der Waals surface area contributed by atoms with Crippen molar-refractivity contribution in [3.8, 4) is 0 Å². The van der Waals surface area contributed by atoms with Crippen molar-refractivity contribution in [1.82, 2.24) is 4.90 Å². The topological polar surface area (TPSA) is 23.5 Å². The second kappa shape index (κ2) is 5.45. The molecule has 0 bridgehead atoms. The first-order valence-electron chi connectivity index (χ1n) is 3.61. The Labute approximate surface area is 63.2 Å². The highest BCUT2D eigenvalue weighted by molar-refractivity contribution is 4.71. The van der Waals surface area contributed by atoms with Crippen molar-refractivity contribution < 1.29 is 5.11 Å². The summed E-state index contributed by atoms with van der Waals surface area (Å²) >= 11 is 0. The van der Waals surface area contributed by atoms with Crippen LogP contribution < -0.4 is 0 Å². The summed E-state index contributed by atoms with van der Waals surface area (Å²) < 4.78 is 0. The van der Waals surface area contributed by atoms with Crippen molar-refractivity contribution >= 4 is 0 Å². The minimum Gasteiger partial charge on any atom is -0.396 e. The van der Waals surface area contributed by atoms with Gasteiger partial charge >= 0.3 is 0 Å². The summed E-state index contributed by atoms with van der Waals surface area (Å²) in [5.41, 5.74) is 0. The average molecular weight is 143 g/mol. The number of hydrogen-bond donors (Lipinski definition) is 1. The molecular formula is C8H17NO. The zero-order valence-corrected chi connectivity index (χ0v) is 6.88. The lowest BCUT2D eigenvalue weighted by Gasteiger charge is -2.17. The van der Waals surface area contributed by atoms with Crippen LogP contribution in [-0.4, -0.2) is 36.8 Å². The van der Waals surface area contributed by atoms with Crippen LogP contribution in [0.2, 0.25) is 0 Å². The van der Waals surface area contributed by atoms with Gasteiger partial charge in [0.1, 0.15) is 0 Å². The second-order valence-corrected chi connectivity index (χ2v) is 2.80. The first-order valence-corrected chi connectivity index (χ1v) is 3.61. The molecular weight excluding hydrogens is 126 g/mol. The van der Waals surface area contributed by atoms with Crippen LogP contribution in [0.15, 0.2) is 12.7 Å². The SMILES string of the molecule is C=CCN(C)CC(C)CO. The van der Waals surface area contributed by atoms with Gasteiger partial charge in [-0.2, -0.15) is 0 Å². The first-order chi connectivity index (χ1) is 4.70. The molecule has 1 unspecified atom stereocenters. The zero-order chi connectivity index (χ0) is 7.98. The molecule has 0 spiro atoms. The van der Waals surface area contributed by atoms with Crippen LogP contribution >= 0.6 is 0 Å². The third-order valence-electron chi connectivity index (χ3n) is 1.38. The second-order valence-electron chi connectivity index (χ2n) is 2.80. The molecule has 0 aromatic heterocycles. The fraction of sp³-hybridized carbons (Fsp3) is 0.750. The highest BCUT2D eigenvalue weighted by Gasteiger charge is 2.02. The van der Waals surface area contributed by atoms with Crippen LogP contribution in [0.4, 0.5) is 0 Å². The molecule has 60 valence electrons. The Morgan fingerprint density at radius 1 is 1.70 bits per heavy atom. The largest absolute Gasteiger partial charge is 0.396 e. The van der Waals surface area contributed by atoms with E-state index in [-0.39, 0.29) is 6.61 Å². The first kappa shape index (κ1) is 9.66. The summed E-state index contributed by atoms with van der Waals surface area (Å²) in [5.74, 6) is 0.366. The van der Waals surface area contributed by atoms with E-state index < -0.39 is 0 Å². The maximum Gasteiger partial charge on any atom is 0.0468 e. The van der Waals surface area contributed by atoms with Crippen molar-refractivity contribution in [3.05, 3.63) is 12.7 Å². The molecule has 1 atom stereocenters. The monoisotopic (exact) mass is 143 g/mol. The van der Waals surface area contributed by atoms with Gasteiger partial charge in [-0.05, 0) is 13.0 Å². The third-order valence-corrected chi connectivity index (χ3v) is 1.38. The van der Waals surface area contributed by atoms with E-state index in [0.29, 0.717) is 5.92 Å². The molecule has 0 aliphatic carbocycles. The van der Waals surface area contributed by atoms with Crippen LogP contribution in [0.3, 0.4) is 0 Å². The van der Waals surface area contributed by atoms with Crippen molar-refractivity contribution in [2.24, 2.45) is 5.92 Å². The molecule has 0 fully saturated rings. The molecule has 0 aliphatic heterocycles. The number of aliphatic hydroxyl groups is 1. The highest BCUT2D eigenvalue weighted by atomic mass is 16.3. The molecule has 2 nitrogen and oxygen atoms in total. The summed E-state index contributed by atoms with van der Waals surface area (Å²) in [4.78, 5) is 2.13. The lowest BCUT2D eigenvalue weighted by molar-refractivity contribution is 0.198. The van der Waals surface area contributed by atoms with Gasteiger partial charge in [-0.3, -0.25) is 0 Å². The smallest absolute Gasteiger partial charge is 0.0468 e. The van der Waals surface area contributed by atoms with Gasteiger partial charge in [0.15, 0.2) is 0 Å². The molecule has 0 aromatic rings. The van der Waals surface area contributed by atoms with Gasteiger partial charge in [0, 0.05) is 19.7 Å². The molecule has 0 saturated heterocycles. The number of nitrogens with zero attached hydrogens (tertiary/aromatic N) is 1. The van der Waals surface area contributed by atoms with E-state index in [9.17, 15) is 0 Å². The maximum atomic E-state index is 8.70. The van der Waals surface area contributed by atoms with Crippen LogP contribution in [0.25, 0.3) is 0 Å². The lowest BCUT2D eigenvalue weighted by Crippen LogP contribution is -2.25. The molecule has 2 heteroatoms. The average Bonchev–Trinajstić information content (AvgIpc) is 1.88. The zero-order valence-electron chi connectivity index (χ0n) is 6.88. The molecule has 1 N–H and O–H groups in total. The van der Waals surface area contributed by atoms with E-state index >= 15 is 0 Å². The van der Waals surface area contributed by atoms with Crippen LogP contribution in [0, 0.1) is 5.92 Å². The summed E-state index contributed by atoms with van der Waals surface area (Å²) in [6.07, 6.45) is 1.87. The van der Waals surface area contributed by atoms with Crippen molar-refractivity contribution in [1.29, 1.82) is 0 Å². The molecule has 0 aliphatic rings. The molecule has 0 heterocycles. The number of rotatable bonds is 5. The van der Waals surface area contributed by atoms with Crippen molar-refractivity contribution in [2.45, 2.75) is 6.92 Å². The lowest BCUT2D eigenvalue weighted by atomic mass is 10.2. The fourth-order valence-electron chi connectivity index (χ4n) is 0.885. The Balaban J connectivity index is 3.35. The normalized spacial score (nSPS) is 13.6. The Kier molecular flexibility index (Phi) is 5.26. The number of likely N-dealkylation sites (N-methyl/N-ethyl adjacent to an activating group) is 1. The standard InChI is InChI=1S/C8H17NO/c1-4-5-9(3)6-8(2)7-10/h4,8,10H,1,5-7H2,2-3H3. The Morgan fingerprint density at radius 3 is 2.70 bits per heavy atom. The number of aliphatic hydroxyl groups excluding tert-OH is 1. The van der Waals surface area contributed by atoms with E-state index in [1.807, 2.05) is 20.0 Å². The molecule has 0 amide bonds. The van der Waals surface area contributed by atoms with Gasteiger partial charge in [-0.1, -0.05) is 13.0 Å². The van der Waals surface area contributed by atoms with E-state index in [1.54, 1.807) is 0 Å².